The van der Waals surface area contributed by atoms with Gasteiger partial charge in [-0.25, -0.2) is 4.68 Å². The minimum atomic E-state index is -0.180. The molecule has 6 nitrogen and oxygen atoms in total. The lowest BCUT2D eigenvalue weighted by molar-refractivity contribution is 0.297. The Morgan fingerprint density at radius 3 is 2.81 bits per heavy atom. The molecule has 3 aromatic rings. The Balaban J connectivity index is 1.36. The smallest absolute Gasteiger partial charge is 0.270 e. The van der Waals surface area contributed by atoms with E-state index in [9.17, 15) is 4.79 Å². The molecule has 4 rings (SSSR count). The van der Waals surface area contributed by atoms with E-state index in [1.165, 1.54) is 27.4 Å². The number of pyridine rings is 1. The summed E-state index contributed by atoms with van der Waals surface area (Å²) in [5, 5.41) is 7.56. The molecule has 0 aliphatic carbocycles. The van der Waals surface area contributed by atoms with Crippen LogP contribution in [-0.2, 0) is 32.7 Å². The van der Waals surface area contributed by atoms with Gasteiger partial charge in [0, 0.05) is 31.9 Å². The van der Waals surface area contributed by atoms with E-state index in [2.05, 4.69) is 33.6 Å². The van der Waals surface area contributed by atoms with Crippen molar-refractivity contribution in [2.24, 2.45) is 0 Å². The third kappa shape index (κ3) is 4.26. The summed E-state index contributed by atoms with van der Waals surface area (Å²) < 4.78 is 7.05. The second-order valence-corrected chi connectivity index (χ2v) is 6.58. The van der Waals surface area contributed by atoms with E-state index in [0.717, 1.165) is 25.2 Å². The second kappa shape index (κ2) is 7.76. The van der Waals surface area contributed by atoms with E-state index in [1.807, 2.05) is 0 Å². The summed E-state index contributed by atoms with van der Waals surface area (Å²) in [5.74, 6) is 0.429. The molecule has 0 atom stereocenters. The molecular formula is C20H19BN4O2. The normalized spacial score (nSPS) is 12.7. The summed E-state index contributed by atoms with van der Waals surface area (Å²) >= 11 is 0. The van der Waals surface area contributed by atoms with Gasteiger partial charge in [0.15, 0.2) is 0 Å². The van der Waals surface area contributed by atoms with Crippen molar-refractivity contribution in [1.29, 1.82) is 0 Å². The molecule has 0 saturated carbocycles. The molecule has 0 fully saturated rings. The number of nitrogens with zero attached hydrogens (tertiary/aromatic N) is 3. The summed E-state index contributed by atoms with van der Waals surface area (Å²) in [6.45, 7) is 2.64. The van der Waals surface area contributed by atoms with Crippen LogP contribution in [0.4, 0.5) is 0 Å². The highest BCUT2D eigenvalue weighted by Gasteiger charge is 2.10. The topological polar surface area (TPSA) is 69.0 Å². The highest BCUT2D eigenvalue weighted by Crippen LogP contribution is 2.17. The number of ether oxygens (including phenoxy) is 1. The summed E-state index contributed by atoms with van der Waals surface area (Å²) in [6.07, 6.45) is 3.89. The Morgan fingerprint density at radius 1 is 1.11 bits per heavy atom. The highest BCUT2D eigenvalue weighted by atomic mass is 16.5. The molecule has 1 aliphatic rings. The number of hydrogen-bond acceptors (Lipinski definition) is 5. The average Bonchev–Trinajstić information content (AvgIpc) is 3.14. The van der Waals surface area contributed by atoms with Crippen LogP contribution < -0.4 is 21.1 Å². The number of nitrogens with one attached hydrogen (secondary N) is 1. The largest absolute Gasteiger partial charge is 0.485 e. The summed E-state index contributed by atoms with van der Waals surface area (Å²) in [5.41, 5.74) is 5.06. The Labute approximate surface area is 158 Å². The number of benzene rings is 1. The Morgan fingerprint density at radius 2 is 2.00 bits per heavy atom. The Hall–Kier alpha value is -2.93. The maximum atomic E-state index is 12.3. The first kappa shape index (κ1) is 17.5. The van der Waals surface area contributed by atoms with Gasteiger partial charge in [-0.15, -0.1) is 0 Å². The molecule has 7 heteroatoms. The van der Waals surface area contributed by atoms with Gasteiger partial charge in [-0.3, -0.25) is 9.78 Å². The van der Waals surface area contributed by atoms with Crippen LogP contribution in [0.25, 0.3) is 0 Å². The van der Waals surface area contributed by atoms with Gasteiger partial charge < -0.3 is 10.1 Å². The molecule has 27 heavy (non-hydrogen) atoms. The maximum Gasteiger partial charge on any atom is 0.270 e. The van der Waals surface area contributed by atoms with Crippen LogP contribution >= 0.6 is 0 Å². The minimum absolute atomic E-state index is 0.180. The van der Waals surface area contributed by atoms with Crippen molar-refractivity contribution in [3.8, 4) is 5.75 Å². The quantitative estimate of drug-likeness (QED) is 0.662. The molecule has 0 spiro atoms. The molecule has 1 aromatic carbocycles. The van der Waals surface area contributed by atoms with E-state index in [1.54, 1.807) is 24.5 Å². The van der Waals surface area contributed by atoms with E-state index in [0.29, 0.717) is 17.8 Å². The standard InChI is InChI=1S/C20H19BN4O2/c21-17-3-4-18(23-11-17)13-27-19-8-20(26)25(24-12-19)6-5-14-1-2-15-9-22-10-16(15)7-14/h1-4,7-8,11-12,22H,5-6,9-10,13H2. The average molecular weight is 358 g/mol. The number of hydrogen-bond donors (Lipinski definition) is 1. The molecule has 0 amide bonds. The molecule has 2 aromatic heterocycles. The number of fused-ring (bicyclic) bond motifs is 1. The molecule has 134 valence electrons. The van der Waals surface area contributed by atoms with Gasteiger partial charge in [0.25, 0.3) is 5.56 Å². The SMILES string of the molecule is [B]c1ccc(COc2cnn(CCc3ccc4c(c3)CNC4)c(=O)c2)nc1. The first-order valence-electron chi connectivity index (χ1n) is 8.89. The molecular weight excluding hydrogens is 339 g/mol. The van der Waals surface area contributed by atoms with Crippen molar-refractivity contribution in [2.75, 3.05) is 0 Å². The van der Waals surface area contributed by atoms with Crippen molar-refractivity contribution in [2.45, 2.75) is 32.7 Å². The predicted molar refractivity (Wildman–Crippen MR) is 103 cm³/mol. The summed E-state index contributed by atoms with van der Waals surface area (Å²) in [6, 6.07) is 11.5. The summed E-state index contributed by atoms with van der Waals surface area (Å²) in [7, 11) is 5.61. The lowest BCUT2D eigenvalue weighted by Crippen LogP contribution is -2.23. The number of aromatic nitrogens is 3. The summed E-state index contributed by atoms with van der Waals surface area (Å²) in [4.78, 5) is 16.4. The molecule has 1 N–H and O–H groups in total. The zero-order valence-electron chi connectivity index (χ0n) is 14.9. The van der Waals surface area contributed by atoms with Gasteiger partial charge in [0.1, 0.15) is 20.2 Å². The molecule has 0 unspecified atom stereocenters. The fraction of sp³-hybridized carbons (Fsp3) is 0.250. The van der Waals surface area contributed by atoms with Crippen LogP contribution in [0.1, 0.15) is 22.4 Å². The molecule has 0 bridgehead atoms. The monoisotopic (exact) mass is 358 g/mol. The van der Waals surface area contributed by atoms with E-state index in [-0.39, 0.29) is 12.2 Å². The third-order valence-corrected chi connectivity index (χ3v) is 4.59. The van der Waals surface area contributed by atoms with Crippen LogP contribution in [0.15, 0.2) is 53.6 Å². The van der Waals surface area contributed by atoms with Gasteiger partial charge in [-0.05, 0) is 29.2 Å². The fourth-order valence-electron chi connectivity index (χ4n) is 3.08. The molecule has 3 heterocycles. The van der Waals surface area contributed by atoms with Crippen LogP contribution in [0.2, 0.25) is 0 Å². The van der Waals surface area contributed by atoms with Crippen LogP contribution in [0, 0.1) is 0 Å². The highest BCUT2D eigenvalue weighted by molar-refractivity contribution is 6.31. The van der Waals surface area contributed by atoms with E-state index in [4.69, 9.17) is 12.6 Å². The van der Waals surface area contributed by atoms with Crippen molar-refractivity contribution >= 4 is 13.3 Å². The lowest BCUT2D eigenvalue weighted by atomic mass is 9.99. The van der Waals surface area contributed by atoms with Crippen molar-refractivity contribution in [3.63, 3.8) is 0 Å². The molecule has 2 radical (unpaired) electrons. The van der Waals surface area contributed by atoms with Gasteiger partial charge in [-0.1, -0.05) is 29.7 Å². The third-order valence-electron chi connectivity index (χ3n) is 4.59. The van der Waals surface area contributed by atoms with Crippen molar-refractivity contribution in [3.05, 3.63) is 81.5 Å². The van der Waals surface area contributed by atoms with E-state index < -0.39 is 0 Å². The van der Waals surface area contributed by atoms with Crippen molar-refractivity contribution < 1.29 is 4.74 Å². The van der Waals surface area contributed by atoms with Crippen molar-refractivity contribution in [1.82, 2.24) is 20.1 Å². The number of rotatable bonds is 6. The van der Waals surface area contributed by atoms with Gasteiger partial charge in [0.05, 0.1) is 11.9 Å². The molecule has 1 aliphatic heterocycles. The first-order valence-corrected chi connectivity index (χ1v) is 8.89. The zero-order valence-corrected chi connectivity index (χ0v) is 14.9. The van der Waals surface area contributed by atoms with E-state index >= 15 is 0 Å². The second-order valence-electron chi connectivity index (χ2n) is 6.58. The van der Waals surface area contributed by atoms with Crippen LogP contribution in [0.5, 0.6) is 5.75 Å². The number of aryl methyl sites for hydroxylation is 2. The van der Waals surface area contributed by atoms with Crippen LogP contribution in [-0.4, -0.2) is 22.6 Å². The minimum Gasteiger partial charge on any atom is -0.485 e. The van der Waals surface area contributed by atoms with Crippen LogP contribution in [0.3, 0.4) is 0 Å². The Kier molecular flexibility index (Phi) is 5.02. The van der Waals surface area contributed by atoms with Gasteiger partial charge >= 0.3 is 0 Å². The molecule has 0 saturated heterocycles. The zero-order chi connectivity index (χ0) is 18.6. The fourth-order valence-corrected chi connectivity index (χ4v) is 3.08. The Bertz CT molecular complexity index is 1000. The van der Waals surface area contributed by atoms with Gasteiger partial charge in [0.2, 0.25) is 0 Å². The maximum absolute atomic E-state index is 12.3. The lowest BCUT2D eigenvalue weighted by Gasteiger charge is -2.09. The van der Waals surface area contributed by atoms with Gasteiger partial charge in [-0.2, -0.15) is 5.10 Å². The predicted octanol–water partition coefficient (Wildman–Crippen LogP) is 0.857. The first-order chi connectivity index (χ1) is 13.2.